The second kappa shape index (κ2) is 5.93. The Morgan fingerprint density at radius 1 is 1.05 bits per heavy atom. The topological polar surface area (TPSA) is 115 Å². The van der Waals surface area contributed by atoms with Gasteiger partial charge in [0.2, 0.25) is 0 Å². The summed E-state index contributed by atoms with van der Waals surface area (Å²) >= 11 is 0. The maximum Gasteiger partial charge on any atom is 0.270 e. The Morgan fingerprint density at radius 2 is 1.71 bits per heavy atom. The van der Waals surface area contributed by atoms with Crippen molar-refractivity contribution in [1.82, 2.24) is 5.43 Å². The molecular weight excluding hydrogens is 274 g/mol. The number of nitrogens with one attached hydrogen (secondary N) is 1. The third-order valence-corrected chi connectivity index (χ3v) is 2.87. The zero-order chi connectivity index (χ0) is 15.4. The van der Waals surface area contributed by atoms with Crippen LogP contribution in [0.15, 0.2) is 48.5 Å². The van der Waals surface area contributed by atoms with E-state index >= 15 is 0 Å². The summed E-state index contributed by atoms with van der Waals surface area (Å²) in [6.45, 7) is 0. The molecule has 0 bridgehead atoms. The maximum absolute atomic E-state index is 12.4. The number of nitro benzene ring substituents is 1. The summed E-state index contributed by atoms with van der Waals surface area (Å²) in [6.07, 6.45) is 0. The van der Waals surface area contributed by atoms with Gasteiger partial charge in [-0.2, -0.15) is 0 Å². The first-order valence-electron chi connectivity index (χ1n) is 5.93. The highest BCUT2D eigenvalue weighted by Gasteiger charge is 2.19. The molecule has 0 heterocycles. The molecule has 0 aliphatic carbocycles. The molecule has 0 aliphatic rings. The number of hydrogen-bond acceptors (Lipinski definition) is 5. The molecule has 0 aromatic heterocycles. The van der Waals surface area contributed by atoms with Gasteiger partial charge in [0.15, 0.2) is 5.78 Å². The Labute approximate surface area is 119 Å². The number of non-ortho nitro benzene ring substituents is 1. The molecule has 7 nitrogen and oxygen atoms in total. The molecule has 7 heteroatoms. The molecule has 0 aliphatic heterocycles. The average Bonchev–Trinajstić information content (AvgIpc) is 2.53. The summed E-state index contributed by atoms with van der Waals surface area (Å²) in [5, 5.41) is 10.7. The lowest BCUT2D eigenvalue weighted by Gasteiger charge is -2.07. The van der Waals surface area contributed by atoms with Crippen LogP contribution in [0.4, 0.5) is 5.69 Å². The Morgan fingerprint density at radius 3 is 2.33 bits per heavy atom. The minimum absolute atomic E-state index is 0.108. The number of nitrogen functional groups attached to an aromatic ring is 1. The number of ketones is 1. The first kappa shape index (κ1) is 14.4. The summed E-state index contributed by atoms with van der Waals surface area (Å²) in [7, 11) is 0. The predicted octanol–water partition coefficient (Wildman–Crippen LogP) is 1.43. The Hall–Kier alpha value is -3.06. The van der Waals surface area contributed by atoms with E-state index in [0.29, 0.717) is 0 Å². The molecule has 0 saturated heterocycles. The molecule has 0 fully saturated rings. The van der Waals surface area contributed by atoms with Crippen molar-refractivity contribution in [3.05, 3.63) is 75.3 Å². The van der Waals surface area contributed by atoms with Crippen molar-refractivity contribution >= 4 is 17.4 Å². The first-order valence-corrected chi connectivity index (χ1v) is 5.93. The van der Waals surface area contributed by atoms with E-state index in [1.54, 1.807) is 12.1 Å². The van der Waals surface area contributed by atoms with Crippen molar-refractivity contribution in [1.29, 1.82) is 0 Å². The number of nitrogens with two attached hydrogens (primary N) is 1. The third-order valence-electron chi connectivity index (χ3n) is 2.87. The van der Waals surface area contributed by atoms with Crippen LogP contribution < -0.4 is 11.3 Å². The summed E-state index contributed by atoms with van der Waals surface area (Å²) in [5.74, 6) is 3.98. The molecule has 2 aromatic carbocycles. The van der Waals surface area contributed by atoms with Gasteiger partial charge in [-0.1, -0.05) is 30.3 Å². The van der Waals surface area contributed by atoms with Gasteiger partial charge >= 0.3 is 0 Å². The maximum atomic E-state index is 12.4. The van der Waals surface area contributed by atoms with Gasteiger partial charge in [-0.05, 0) is 6.07 Å². The summed E-state index contributed by atoms with van der Waals surface area (Å²) in [5.41, 5.74) is 2.13. The van der Waals surface area contributed by atoms with E-state index in [2.05, 4.69) is 0 Å². The second-order valence-electron chi connectivity index (χ2n) is 4.16. The lowest BCUT2D eigenvalue weighted by Crippen LogP contribution is -2.31. The van der Waals surface area contributed by atoms with Crippen molar-refractivity contribution in [2.24, 2.45) is 5.84 Å². The Balaban J connectivity index is 2.48. The van der Waals surface area contributed by atoms with Gasteiger partial charge in [-0.25, -0.2) is 5.84 Å². The van der Waals surface area contributed by atoms with Gasteiger partial charge in [0.05, 0.1) is 10.5 Å². The van der Waals surface area contributed by atoms with E-state index in [1.807, 2.05) is 5.43 Å². The van der Waals surface area contributed by atoms with Crippen LogP contribution in [0.2, 0.25) is 0 Å². The van der Waals surface area contributed by atoms with Crippen molar-refractivity contribution in [2.45, 2.75) is 0 Å². The number of amides is 1. The molecule has 2 aromatic rings. The number of hydrogen-bond donors (Lipinski definition) is 2. The van der Waals surface area contributed by atoms with E-state index in [0.717, 1.165) is 0 Å². The minimum Gasteiger partial charge on any atom is -0.290 e. The van der Waals surface area contributed by atoms with Gasteiger partial charge in [0.1, 0.15) is 0 Å². The van der Waals surface area contributed by atoms with Crippen LogP contribution in [-0.4, -0.2) is 16.6 Å². The number of hydrazine groups is 1. The van der Waals surface area contributed by atoms with Gasteiger partial charge in [-0.3, -0.25) is 25.1 Å². The Bertz CT molecular complexity index is 728. The van der Waals surface area contributed by atoms with Crippen molar-refractivity contribution in [2.75, 3.05) is 0 Å². The molecular formula is C14H11N3O4. The second-order valence-corrected chi connectivity index (χ2v) is 4.16. The fourth-order valence-electron chi connectivity index (χ4n) is 1.87. The highest BCUT2D eigenvalue weighted by Crippen LogP contribution is 2.18. The summed E-state index contributed by atoms with van der Waals surface area (Å²) < 4.78 is 0. The van der Waals surface area contributed by atoms with Gasteiger partial charge in [0.25, 0.3) is 11.6 Å². The van der Waals surface area contributed by atoms with Gasteiger partial charge in [0, 0.05) is 23.3 Å². The SMILES string of the molecule is NNC(=O)c1ccccc1C(=O)c1cccc([N+](=O)[O-])c1. The van der Waals surface area contributed by atoms with Crippen LogP contribution in [-0.2, 0) is 0 Å². The van der Waals surface area contributed by atoms with E-state index in [9.17, 15) is 19.7 Å². The van der Waals surface area contributed by atoms with Crippen LogP contribution in [0.3, 0.4) is 0 Å². The molecule has 1 amide bonds. The fraction of sp³-hybridized carbons (Fsp3) is 0. The highest BCUT2D eigenvalue weighted by molar-refractivity contribution is 6.15. The molecule has 0 radical (unpaired) electrons. The zero-order valence-electron chi connectivity index (χ0n) is 10.8. The molecule has 0 saturated carbocycles. The molecule has 3 N–H and O–H groups in total. The summed E-state index contributed by atoms with van der Waals surface area (Å²) in [6, 6.07) is 11.4. The number of rotatable bonds is 4. The van der Waals surface area contributed by atoms with Crippen LogP contribution in [0.25, 0.3) is 0 Å². The van der Waals surface area contributed by atoms with E-state index in [4.69, 9.17) is 5.84 Å². The largest absolute Gasteiger partial charge is 0.290 e. The Kier molecular flexibility index (Phi) is 4.05. The number of nitrogens with zero attached hydrogens (tertiary/aromatic N) is 1. The quantitative estimate of drug-likeness (QED) is 0.290. The highest BCUT2D eigenvalue weighted by atomic mass is 16.6. The molecule has 106 valence electrons. The van der Waals surface area contributed by atoms with Crippen molar-refractivity contribution in [3.8, 4) is 0 Å². The standard InChI is InChI=1S/C14H11N3O4/c15-16-14(19)12-7-2-1-6-11(12)13(18)9-4-3-5-10(8-9)17(20)21/h1-8H,15H2,(H,16,19). The number of carbonyl (C=O) groups excluding carboxylic acids is 2. The van der Waals surface area contributed by atoms with Crippen LogP contribution in [0.5, 0.6) is 0 Å². The number of carbonyl (C=O) groups is 2. The smallest absolute Gasteiger partial charge is 0.270 e. The van der Waals surface area contributed by atoms with E-state index < -0.39 is 16.6 Å². The zero-order valence-corrected chi connectivity index (χ0v) is 10.8. The lowest BCUT2D eigenvalue weighted by atomic mass is 9.98. The van der Waals surface area contributed by atoms with Crippen LogP contribution >= 0.6 is 0 Å². The number of benzene rings is 2. The molecule has 0 atom stereocenters. The van der Waals surface area contributed by atoms with Crippen molar-refractivity contribution in [3.63, 3.8) is 0 Å². The van der Waals surface area contributed by atoms with E-state index in [-0.39, 0.29) is 22.4 Å². The molecule has 0 unspecified atom stereocenters. The van der Waals surface area contributed by atoms with Gasteiger partial charge < -0.3 is 0 Å². The average molecular weight is 285 g/mol. The van der Waals surface area contributed by atoms with Gasteiger partial charge in [-0.15, -0.1) is 0 Å². The summed E-state index contributed by atoms with van der Waals surface area (Å²) in [4.78, 5) is 34.2. The minimum atomic E-state index is -0.607. The predicted molar refractivity (Wildman–Crippen MR) is 74.6 cm³/mol. The third kappa shape index (κ3) is 2.93. The van der Waals surface area contributed by atoms with Crippen LogP contribution in [0, 0.1) is 10.1 Å². The first-order chi connectivity index (χ1) is 10.0. The molecule has 21 heavy (non-hydrogen) atoms. The normalized spacial score (nSPS) is 9.95. The monoisotopic (exact) mass is 285 g/mol. The van der Waals surface area contributed by atoms with Crippen molar-refractivity contribution < 1.29 is 14.5 Å². The van der Waals surface area contributed by atoms with E-state index in [1.165, 1.54) is 36.4 Å². The molecule has 0 spiro atoms. The van der Waals surface area contributed by atoms with Crippen LogP contribution in [0.1, 0.15) is 26.3 Å². The molecule has 2 rings (SSSR count). The lowest BCUT2D eigenvalue weighted by molar-refractivity contribution is -0.384. The number of nitro groups is 1. The fourth-order valence-corrected chi connectivity index (χ4v) is 1.87.